The van der Waals surface area contributed by atoms with E-state index in [2.05, 4.69) is 10.4 Å². The number of amides is 1. The molecular formula is C18H17ClN4O. The molecule has 0 spiro atoms. The van der Waals surface area contributed by atoms with Crippen molar-refractivity contribution in [1.29, 1.82) is 0 Å². The van der Waals surface area contributed by atoms with E-state index in [-0.39, 0.29) is 5.91 Å². The SMILES string of the molecule is CN(C)c1cccc(C(=O)Nc2ccc(-n3cc(Cl)cn3)cc2)c1. The summed E-state index contributed by atoms with van der Waals surface area (Å²) in [6, 6.07) is 14.9. The molecular weight excluding hydrogens is 324 g/mol. The molecule has 5 nitrogen and oxygen atoms in total. The van der Waals surface area contributed by atoms with Gasteiger partial charge in [-0.05, 0) is 42.5 Å². The van der Waals surface area contributed by atoms with Crippen molar-refractivity contribution < 1.29 is 4.79 Å². The monoisotopic (exact) mass is 340 g/mol. The number of benzene rings is 2. The molecule has 1 heterocycles. The smallest absolute Gasteiger partial charge is 0.255 e. The standard InChI is InChI=1S/C18H17ClN4O/c1-22(2)17-5-3-4-13(10-17)18(24)21-15-6-8-16(9-7-15)23-12-14(19)11-20-23/h3-12H,1-2H3,(H,21,24). The Morgan fingerprint density at radius 2 is 1.92 bits per heavy atom. The van der Waals surface area contributed by atoms with Crippen LogP contribution in [-0.4, -0.2) is 29.8 Å². The molecule has 0 aliphatic heterocycles. The number of rotatable bonds is 4. The Bertz CT molecular complexity index is 855. The van der Waals surface area contributed by atoms with Crippen LogP contribution in [0.15, 0.2) is 60.9 Å². The summed E-state index contributed by atoms with van der Waals surface area (Å²) in [7, 11) is 3.88. The molecule has 0 aliphatic rings. The van der Waals surface area contributed by atoms with Crippen molar-refractivity contribution in [3.8, 4) is 5.69 Å². The van der Waals surface area contributed by atoms with Crippen molar-refractivity contribution in [2.24, 2.45) is 0 Å². The highest BCUT2D eigenvalue weighted by molar-refractivity contribution is 6.30. The van der Waals surface area contributed by atoms with E-state index in [4.69, 9.17) is 11.6 Å². The van der Waals surface area contributed by atoms with Gasteiger partial charge in [0.05, 0.1) is 16.9 Å². The Balaban J connectivity index is 1.74. The molecule has 0 atom stereocenters. The topological polar surface area (TPSA) is 50.2 Å². The number of aromatic nitrogens is 2. The molecule has 0 bridgehead atoms. The highest BCUT2D eigenvalue weighted by atomic mass is 35.5. The summed E-state index contributed by atoms with van der Waals surface area (Å²) in [5.74, 6) is -0.145. The predicted octanol–water partition coefficient (Wildman–Crippen LogP) is 3.84. The number of carbonyl (C=O) groups excluding carboxylic acids is 1. The number of anilines is 2. The van der Waals surface area contributed by atoms with E-state index in [0.717, 1.165) is 17.1 Å². The number of hydrogen-bond donors (Lipinski definition) is 1. The van der Waals surface area contributed by atoms with Gasteiger partial charge in [-0.2, -0.15) is 5.10 Å². The van der Waals surface area contributed by atoms with Crippen LogP contribution in [-0.2, 0) is 0 Å². The van der Waals surface area contributed by atoms with Crippen molar-refractivity contribution in [2.75, 3.05) is 24.3 Å². The first kappa shape index (κ1) is 16.1. The van der Waals surface area contributed by atoms with Crippen LogP contribution in [0.25, 0.3) is 5.69 Å². The molecule has 0 radical (unpaired) electrons. The minimum absolute atomic E-state index is 0.145. The Kier molecular flexibility index (Phi) is 4.53. The fourth-order valence-electron chi connectivity index (χ4n) is 2.27. The van der Waals surface area contributed by atoms with Crippen molar-refractivity contribution in [2.45, 2.75) is 0 Å². The first-order chi connectivity index (χ1) is 11.5. The molecule has 0 saturated heterocycles. The van der Waals surface area contributed by atoms with E-state index in [1.807, 2.05) is 61.5 Å². The second kappa shape index (κ2) is 6.76. The summed E-state index contributed by atoms with van der Waals surface area (Å²) < 4.78 is 1.68. The fourth-order valence-corrected chi connectivity index (χ4v) is 2.40. The lowest BCUT2D eigenvalue weighted by molar-refractivity contribution is 0.102. The van der Waals surface area contributed by atoms with Crippen LogP contribution in [0.2, 0.25) is 5.02 Å². The van der Waals surface area contributed by atoms with Crippen LogP contribution < -0.4 is 10.2 Å². The van der Waals surface area contributed by atoms with Crippen molar-refractivity contribution >= 4 is 28.9 Å². The second-order valence-corrected chi connectivity index (χ2v) is 5.99. The van der Waals surface area contributed by atoms with E-state index in [0.29, 0.717) is 10.6 Å². The molecule has 24 heavy (non-hydrogen) atoms. The first-order valence-corrected chi connectivity index (χ1v) is 7.80. The molecule has 6 heteroatoms. The molecule has 0 saturated carbocycles. The van der Waals surface area contributed by atoms with Gasteiger partial charge in [0.2, 0.25) is 0 Å². The maximum atomic E-state index is 12.4. The van der Waals surface area contributed by atoms with Gasteiger partial charge in [0.25, 0.3) is 5.91 Å². The first-order valence-electron chi connectivity index (χ1n) is 7.42. The molecule has 3 rings (SSSR count). The van der Waals surface area contributed by atoms with Crippen molar-refractivity contribution in [3.05, 3.63) is 71.5 Å². The quantitative estimate of drug-likeness (QED) is 0.785. The van der Waals surface area contributed by atoms with Crippen LogP contribution in [0.1, 0.15) is 10.4 Å². The lowest BCUT2D eigenvalue weighted by Crippen LogP contribution is -2.14. The number of nitrogens with one attached hydrogen (secondary N) is 1. The third-order valence-corrected chi connectivity index (χ3v) is 3.76. The number of carbonyl (C=O) groups is 1. The largest absolute Gasteiger partial charge is 0.378 e. The molecule has 122 valence electrons. The van der Waals surface area contributed by atoms with E-state index in [1.54, 1.807) is 23.1 Å². The van der Waals surface area contributed by atoms with E-state index in [9.17, 15) is 4.79 Å². The Hall–Kier alpha value is -2.79. The summed E-state index contributed by atoms with van der Waals surface area (Å²) in [5.41, 5.74) is 3.18. The molecule has 3 aromatic rings. The molecule has 0 unspecified atom stereocenters. The zero-order valence-electron chi connectivity index (χ0n) is 13.4. The zero-order valence-corrected chi connectivity index (χ0v) is 14.2. The summed E-state index contributed by atoms with van der Waals surface area (Å²) in [6.07, 6.45) is 3.30. The van der Waals surface area contributed by atoms with Gasteiger partial charge in [0, 0.05) is 37.2 Å². The highest BCUT2D eigenvalue weighted by Crippen LogP contribution is 2.17. The van der Waals surface area contributed by atoms with Crippen LogP contribution >= 0.6 is 11.6 Å². The van der Waals surface area contributed by atoms with Crippen LogP contribution in [0.4, 0.5) is 11.4 Å². The fraction of sp³-hybridized carbons (Fsp3) is 0.111. The normalized spacial score (nSPS) is 10.5. The molecule has 1 N–H and O–H groups in total. The molecule has 2 aromatic carbocycles. The van der Waals surface area contributed by atoms with Gasteiger partial charge in [-0.15, -0.1) is 0 Å². The number of hydrogen-bond acceptors (Lipinski definition) is 3. The maximum Gasteiger partial charge on any atom is 0.255 e. The molecule has 1 aromatic heterocycles. The van der Waals surface area contributed by atoms with Gasteiger partial charge in [-0.25, -0.2) is 4.68 Å². The predicted molar refractivity (Wildman–Crippen MR) is 97.3 cm³/mol. The van der Waals surface area contributed by atoms with Gasteiger partial charge in [-0.1, -0.05) is 17.7 Å². The van der Waals surface area contributed by atoms with Gasteiger partial charge in [0.1, 0.15) is 0 Å². The van der Waals surface area contributed by atoms with Crippen LogP contribution in [0.3, 0.4) is 0 Å². The van der Waals surface area contributed by atoms with E-state index < -0.39 is 0 Å². The zero-order chi connectivity index (χ0) is 17.1. The minimum Gasteiger partial charge on any atom is -0.378 e. The van der Waals surface area contributed by atoms with Gasteiger partial charge in [0.15, 0.2) is 0 Å². The third kappa shape index (κ3) is 3.58. The Labute approximate surface area is 145 Å². The number of nitrogens with zero attached hydrogens (tertiary/aromatic N) is 3. The van der Waals surface area contributed by atoms with E-state index in [1.165, 1.54) is 0 Å². The maximum absolute atomic E-state index is 12.4. The van der Waals surface area contributed by atoms with Crippen LogP contribution in [0, 0.1) is 0 Å². The van der Waals surface area contributed by atoms with Gasteiger partial charge in [-0.3, -0.25) is 4.79 Å². The Morgan fingerprint density at radius 1 is 1.17 bits per heavy atom. The van der Waals surface area contributed by atoms with Crippen LogP contribution in [0.5, 0.6) is 0 Å². The summed E-state index contributed by atoms with van der Waals surface area (Å²) >= 11 is 5.87. The summed E-state index contributed by atoms with van der Waals surface area (Å²) in [6.45, 7) is 0. The average molecular weight is 341 g/mol. The minimum atomic E-state index is -0.145. The summed E-state index contributed by atoms with van der Waals surface area (Å²) in [4.78, 5) is 14.3. The van der Waals surface area contributed by atoms with E-state index >= 15 is 0 Å². The van der Waals surface area contributed by atoms with Gasteiger partial charge < -0.3 is 10.2 Å². The number of halogens is 1. The second-order valence-electron chi connectivity index (χ2n) is 5.55. The van der Waals surface area contributed by atoms with Gasteiger partial charge >= 0.3 is 0 Å². The third-order valence-electron chi connectivity index (χ3n) is 3.57. The Morgan fingerprint density at radius 3 is 2.54 bits per heavy atom. The lowest BCUT2D eigenvalue weighted by Gasteiger charge is -2.13. The highest BCUT2D eigenvalue weighted by Gasteiger charge is 2.08. The lowest BCUT2D eigenvalue weighted by atomic mass is 10.1. The summed E-state index contributed by atoms with van der Waals surface area (Å²) in [5, 5.41) is 7.62. The molecule has 0 aliphatic carbocycles. The molecule has 1 amide bonds. The van der Waals surface area contributed by atoms with Crippen molar-refractivity contribution in [3.63, 3.8) is 0 Å². The average Bonchev–Trinajstić information content (AvgIpc) is 3.02. The van der Waals surface area contributed by atoms with Crippen molar-refractivity contribution in [1.82, 2.24) is 9.78 Å². The molecule has 0 fully saturated rings.